The highest BCUT2D eigenvalue weighted by Crippen LogP contribution is 2.71. The van der Waals surface area contributed by atoms with E-state index in [1.54, 1.807) is 0 Å². The zero-order chi connectivity index (χ0) is 19.1. The number of Topliss-reactive ketones (excluding diaryl/α,β-unsaturated/α-hetero) is 1. The van der Waals surface area contributed by atoms with Crippen LogP contribution < -0.4 is 0 Å². The normalized spacial score (nSPS) is 49.7. The number of carbonyl (C=O) groups is 2. The van der Waals surface area contributed by atoms with Gasteiger partial charge in [0.25, 0.3) is 0 Å². The first kappa shape index (κ1) is 18.2. The molecule has 3 aliphatic carbocycles. The third kappa shape index (κ3) is 1.99. The van der Waals surface area contributed by atoms with Gasteiger partial charge in [0, 0.05) is 29.2 Å². The van der Waals surface area contributed by atoms with E-state index >= 15 is 0 Å². The maximum atomic E-state index is 13.5. The lowest BCUT2D eigenvalue weighted by Crippen LogP contribution is -2.62. The van der Waals surface area contributed by atoms with Gasteiger partial charge in [0.15, 0.2) is 5.79 Å². The van der Waals surface area contributed by atoms with Crippen LogP contribution >= 0.6 is 0 Å². The third-order valence-corrected chi connectivity index (χ3v) is 7.81. The number of methoxy groups -OCH3 is 1. The van der Waals surface area contributed by atoms with Crippen LogP contribution in [0.3, 0.4) is 0 Å². The van der Waals surface area contributed by atoms with Crippen LogP contribution in [0, 0.1) is 35.0 Å². The lowest BCUT2D eigenvalue weighted by atomic mass is 9.46. The number of aliphatic hydroxyl groups is 1. The van der Waals surface area contributed by atoms with E-state index in [9.17, 15) is 14.7 Å². The van der Waals surface area contributed by atoms with E-state index in [1.807, 2.05) is 26.8 Å². The third-order valence-electron chi connectivity index (χ3n) is 7.81. The fraction of sp³-hybridized carbons (Fsp3) is 0.810. The van der Waals surface area contributed by atoms with Crippen molar-refractivity contribution in [1.29, 1.82) is 0 Å². The number of esters is 1. The second kappa shape index (κ2) is 5.41. The van der Waals surface area contributed by atoms with Crippen LogP contribution in [-0.4, -0.2) is 35.4 Å². The molecule has 144 valence electrons. The molecule has 4 rings (SSSR count). The average molecular weight is 362 g/mol. The van der Waals surface area contributed by atoms with E-state index in [1.165, 1.54) is 7.11 Å². The standard InChI is InChI=1S/C21H30O5/c1-11(2)13-10-21(24)19(4)15-7-6-12(3)8-20(15,26-21)9-14(18(23)25-5)16(19)17(13)22/h9,11-13,15-16,24H,6-8,10H2,1-5H3/t12-,13+,15+,16+,19+,20+,21+/m0/s1. The highest BCUT2D eigenvalue weighted by molar-refractivity contribution is 6.00. The Hall–Kier alpha value is -1.20. The minimum absolute atomic E-state index is 0.0478. The molecule has 1 heterocycles. The first-order valence-corrected chi connectivity index (χ1v) is 9.87. The monoisotopic (exact) mass is 362 g/mol. The van der Waals surface area contributed by atoms with Gasteiger partial charge in [-0.25, -0.2) is 4.79 Å². The quantitative estimate of drug-likeness (QED) is 0.765. The summed E-state index contributed by atoms with van der Waals surface area (Å²) in [6.45, 7) is 8.13. The largest absolute Gasteiger partial charge is 0.466 e. The molecule has 2 bridgehead atoms. The molecular formula is C21H30O5. The Morgan fingerprint density at radius 3 is 2.65 bits per heavy atom. The van der Waals surface area contributed by atoms with E-state index in [0.29, 0.717) is 17.9 Å². The highest BCUT2D eigenvalue weighted by atomic mass is 16.7. The van der Waals surface area contributed by atoms with Crippen molar-refractivity contribution in [3.05, 3.63) is 11.6 Å². The van der Waals surface area contributed by atoms with Crippen molar-refractivity contribution in [2.45, 2.75) is 64.8 Å². The SMILES string of the molecule is COC(=O)C1=C[C@]23C[C@@H](C)CC[C@@H]2[C@]2(C)[C@H]1C(=O)[C@@H](C(C)C)C[C@@]2(O)O3. The molecule has 5 nitrogen and oxygen atoms in total. The Labute approximate surface area is 155 Å². The van der Waals surface area contributed by atoms with E-state index in [-0.39, 0.29) is 23.5 Å². The number of ketones is 1. The topological polar surface area (TPSA) is 72.8 Å². The van der Waals surface area contributed by atoms with Crippen molar-refractivity contribution in [2.75, 3.05) is 7.11 Å². The first-order chi connectivity index (χ1) is 12.1. The summed E-state index contributed by atoms with van der Waals surface area (Å²) < 4.78 is 11.5. The van der Waals surface area contributed by atoms with Crippen LogP contribution in [0.2, 0.25) is 0 Å². The van der Waals surface area contributed by atoms with Crippen LogP contribution in [0.15, 0.2) is 11.6 Å². The van der Waals surface area contributed by atoms with Gasteiger partial charge in [0.2, 0.25) is 0 Å². The van der Waals surface area contributed by atoms with Crippen molar-refractivity contribution in [3.63, 3.8) is 0 Å². The molecule has 0 aromatic carbocycles. The van der Waals surface area contributed by atoms with Gasteiger partial charge in [-0.15, -0.1) is 0 Å². The smallest absolute Gasteiger partial charge is 0.334 e. The van der Waals surface area contributed by atoms with Crippen molar-refractivity contribution in [2.24, 2.45) is 35.0 Å². The van der Waals surface area contributed by atoms with Crippen LogP contribution in [0.25, 0.3) is 0 Å². The van der Waals surface area contributed by atoms with Gasteiger partial charge in [0.05, 0.1) is 18.6 Å². The number of ether oxygens (including phenoxy) is 2. The predicted molar refractivity (Wildman–Crippen MR) is 94.9 cm³/mol. The van der Waals surface area contributed by atoms with Crippen molar-refractivity contribution in [3.8, 4) is 0 Å². The van der Waals surface area contributed by atoms with Gasteiger partial charge in [-0.05, 0) is 30.8 Å². The summed E-state index contributed by atoms with van der Waals surface area (Å²) in [6.07, 6.45) is 4.89. The molecule has 0 radical (unpaired) electrons. The minimum atomic E-state index is -1.39. The Bertz CT molecular complexity index is 697. The number of carbonyl (C=O) groups excluding carboxylic acids is 2. The Morgan fingerprint density at radius 1 is 1.35 bits per heavy atom. The van der Waals surface area contributed by atoms with Crippen LogP contribution in [0.1, 0.15) is 53.4 Å². The Morgan fingerprint density at radius 2 is 2.04 bits per heavy atom. The van der Waals surface area contributed by atoms with Crippen molar-refractivity contribution in [1.82, 2.24) is 0 Å². The molecule has 0 aromatic rings. The second-order valence-electron chi connectivity index (χ2n) is 9.54. The minimum Gasteiger partial charge on any atom is -0.466 e. The molecule has 1 aliphatic heterocycles. The zero-order valence-electron chi connectivity index (χ0n) is 16.4. The Kier molecular flexibility index (Phi) is 3.79. The molecule has 5 heteroatoms. The lowest BCUT2D eigenvalue weighted by molar-refractivity contribution is -0.272. The first-order valence-electron chi connectivity index (χ1n) is 9.87. The van der Waals surface area contributed by atoms with Gasteiger partial charge in [0.1, 0.15) is 5.78 Å². The molecule has 7 atom stereocenters. The molecule has 0 spiro atoms. The fourth-order valence-electron chi connectivity index (χ4n) is 6.57. The van der Waals surface area contributed by atoms with E-state index in [4.69, 9.17) is 9.47 Å². The summed E-state index contributed by atoms with van der Waals surface area (Å²) in [7, 11) is 1.35. The molecule has 0 amide bonds. The summed E-state index contributed by atoms with van der Waals surface area (Å²) in [5, 5.41) is 11.7. The molecular weight excluding hydrogens is 332 g/mol. The van der Waals surface area contributed by atoms with E-state index < -0.39 is 28.7 Å². The maximum absolute atomic E-state index is 13.5. The second-order valence-corrected chi connectivity index (χ2v) is 9.54. The lowest BCUT2D eigenvalue weighted by Gasteiger charge is -2.54. The highest BCUT2D eigenvalue weighted by Gasteiger charge is 2.77. The molecule has 2 saturated carbocycles. The molecule has 0 unspecified atom stereocenters. The molecule has 3 fully saturated rings. The molecule has 1 saturated heterocycles. The molecule has 0 aromatic heterocycles. The zero-order valence-corrected chi connectivity index (χ0v) is 16.4. The van der Waals surface area contributed by atoms with Crippen molar-refractivity contribution < 1.29 is 24.2 Å². The van der Waals surface area contributed by atoms with Crippen LogP contribution in [0.4, 0.5) is 0 Å². The van der Waals surface area contributed by atoms with E-state index in [2.05, 4.69) is 6.92 Å². The number of rotatable bonds is 2. The van der Waals surface area contributed by atoms with Crippen LogP contribution in [-0.2, 0) is 19.1 Å². The van der Waals surface area contributed by atoms with Gasteiger partial charge >= 0.3 is 5.97 Å². The fourth-order valence-corrected chi connectivity index (χ4v) is 6.57. The number of hydrogen-bond acceptors (Lipinski definition) is 5. The average Bonchev–Trinajstić information content (AvgIpc) is 2.72. The predicted octanol–water partition coefficient (Wildman–Crippen LogP) is 2.86. The van der Waals surface area contributed by atoms with Gasteiger partial charge in [-0.3, -0.25) is 4.79 Å². The molecule has 1 N–H and O–H groups in total. The van der Waals surface area contributed by atoms with Gasteiger partial charge in [-0.2, -0.15) is 0 Å². The maximum Gasteiger partial charge on any atom is 0.334 e. The summed E-state index contributed by atoms with van der Waals surface area (Å²) in [5.41, 5.74) is -1.06. The van der Waals surface area contributed by atoms with Crippen molar-refractivity contribution >= 4 is 11.8 Å². The molecule has 4 aliphatic rings. The van der Waals surface area contributed by atoms with Gasteiger partial charge in [-0.1, -0.05) is 34.1 Å². The summed E-state index contributed by atoms with van der Waals surface area (Å²) in [5.74, 6) is -2.20. The van der Waals surface area contributed by atoms with E-state index in [0.717, 1.165) is 19.3 Å². The summed E-state index contributed by atoms with van der Waals surface area (Å²) in [6, 6.07) is 0. The van der Waals surface area contributed by atoms with Gasteiger partial charge < -0.3 is 14.6 Å². The summed E-state index contributed by atoms with van der Waals surface area (Å²) >= 11 is 0. The molecule has 26 heavy (non-hydrogen) atoms. The van der Waals surface area contributed by atoms with Crippen LogP contribution in [0.5, 0.6) is 0 Å². The number of hydrogen-bond donors (Lipinski definition) is 1. The Balaban J connectivity index is 1.95. The summed E-state index contributed by atoms with van der Waals surface area (Å²) in [4.78, 5) is 26.1.